The predicted octanol–water partition coefficient (Wildman–Crippen LogP) is 3.44. The van der Waals surface area contributed by atoms with Gasteiger partial charge in [-0.15, -0.1) is 0 Å². The van der Waals surface area contributed by atoms with Gasteiger partial charge in [-0.1, -0.05) is 11.6 Å². The molecule has 8 heteroatoms. The molecule has 1 aromatic carbocycles. The van der Waals surface area contributed by atoms with Crippen LogP contribution in [0.15, 0.2) is 33.7 Å². The van der Waals surface area contributed by atoms with Crippen LogP contribution in [0.2, 0.25) is 5.02 Å². The number of hydrogen-bond acceptors (Lipinski definition) is 5. The maximum Gasteiger partial charge on any atom is 0.339 e. The number of halogens is 1. The van der Waals surface area contributed by atoms with Crippen molar-refractivity contribution in [2.75, 3.05) is 19.7 Å². The van der Waals surface area contributed by atoms with Crippen molar-refractivity contribution < 1.29 is 13.9 Å². The summed E-state index contributed by atoms with van der Waals surface area (Å²) in [5.74, 6) is 1.60. The summed E-state index contributed by atoms with van der Waals surface area (Å²) in [6, 6.07) is 3.40. The molecule has 3 aromatic rings. The largest absolute Gasteiger partial charge is 0.482 e. The maximum absolute atomic E-state index is 12.6. The molecule has 1 N–H and O–H groups in total. The minimum atomic E-state index is -0.293. The van der Waals surface area contributed by atoms with E-state index in [1.165, 1.54) is 0 Å². The van der Waals surface area contributed by atoms with Crippen molar-refractivity contribution in [1.29, 1.82) is 0 Å². The number of ether oxygens (including phenoxy) is 1. The van der Waals surface area contributed by atoms with Gasteiger partial charge in [-0.2, -0.15) is 0 Å². The molecule has 0 spiro atoms. The van der Waals surface area contributed by atoms with Gasteiger partial charge in [0, 0.05) is 48.4 Å². The molecule has 7 nitrogen and oxygen atoms in total. The van der Waals surface area contributed by atoms with Gasteiger partial charge < -0.3 is 19.0 Å². The molecule has 0 saturated carbocycles. The van der Waals surface area contributed by atoms with Gasteiger partial charge in [-0.25, -0.2) is 9.78 Å². The number of rotatable bonds is 4. The number of imidazole rings is 1. The van der Waals surface area contributed by atoms with E-state index in [0.717, 1.165) is 54.4 Å². The van der Waals surface area contributed by atoms with Crippen molar-refractivity contribution >= 4 is 28.5 Å². The fraction of sp³-hybridized carbons (Fsp3) is 0.409. The normalized spacial score (nSPS) is 16.8. The van der Waals surface area contributed by atoms with Crippen LogP contribution in [0.5, 0.6) is 5.75 Å². The molecule has 1 aliphatic carbocycles. The Morgan fingerprint density at radius 1 is 1.27 bits per heavy atom. The highest BCUT2D eigenvalue weighted by Gasteiger charge is 2.26. The van der Waals surface area contributed by atoms with Crippen molar-refractivity contribution in [3.8, 4) is 5.75 Å². The van der Waals surface area contributed by atoms with Crippen LogP contribution in [-0.2, 0) is 17.6 Å². The highest BCUT2D eigenvalue weighted by atomic mass is 35.5. The number of carbonyl (C=O) groups excluding carboxylic acids is 1. The molecule has 1 fully saturated rings. The molecular formula is C22H22ClN3O4. The summed E-state index contributed by atoms with van der Waals surface area (Å²) in [7, 11) is 0. The molecule has 2 aromatic heterocycles. The van der Waals surface area contributed by atoms with E-state index in [0.29, 0.717) is 35.4 Å². The number of benzene rings is 1. The second-order valence-corrected chi connectivity index (χ2v) is 8.30. The molecule has 1 amide bonds. The van der Waals surface area contributed by atoms with E-state index in [-0.39, 0.29) is 18.1 Å². The molecule has 0 radical (unpaired) electrons. The Labute approximate surface area is 178 Å². The van der Waals surface area contributed by atoms with Gasteiger partial charge in [-0.3, -0.25) is 4.79 Å². The Kier molecular flexibility index (Phi) is 4.98. The van der Waals surface area contributed by atoms with Gasteiger partial charge in [0.15, 0.2) is 6.61 Å². The Morgan fingerprint density at radius 3 is 2.83 bits per heavy atom. The summed E-state index contributed by atoms with van der Waals surface area (Å²) >= 11 is 6.41. The Hall–Kier alpha value is -2.80. The molecule has 0 bridgehead atoms. The third-order valence-electron chi connectivity index (χ3n) is 6.13. The molecule has 156 valence electrons. The van der Waals surface area contributed by atoms with Crippen molar-refractivity contribution in [2.24, 2.45) is 0 Å². The molecule has 1 saturated heterocycles. The first-order chi connectivity index (χ1) is 14.6. The molecule has 30 heavy (non-hydrogen) atoms. The highest BCUT2D eigenvalue weighted by molar-refractivity contribution is 6.32. The quantitative estimate of drug-likeness (QED) is 0.644. The zero-order valence-corrected chi connectivity index (χ0v) is 17.2. The van der Waals surface area contributed by atoms with Crippen molar-refractivity contribution in [3.63, 3.8) is 0 Å². The smallest absolute Gasteiger partial charge is 0.339 e. The Bertz CT molecular complexity index is 1150. The van der Waals surface area contributed by atoms with Crippen LogP contribution in [-0.4, -0.2) is 40.5 Å². The van der Waals surface area contributed by atoms with Gasteiger partial charge >= 0.3 is 5.63 Å². The van der Waals surface area contributed by atoms with Gasteiger partial charge in [0.05, 0.1) is 5.02 Å². The summed E-state index contributed by atoms with van der Waals surface area (Å²) in [5, 5.41) is 1.26. The summed E-state index contributed by atoms with van der Waals surface area (Å²) < 4.78 is 11.2. The third kappa shape index (κ3) is 3.47. The first-order valence-corrected chi connectivity index (χ1v) is 10.7. The molecule has 2 aliphatic rings. The van der Waals surface area contributed by atoms with Gasteiger partial charge in [-0.05, 0) is 43.7 Å². The van der Waals surface area contributed by atoms with Gasteiger partial charge in [0.25, 0.3) is 5.91 Å². The van der Waals surface area contributed by atoms with Gasteiger partial charge in [0.1, 0.15) is 17.2 Å². The monoisotopic (exact) mass is 427 g/mol. The standard InChI is InChI=1S/C22H22ClN3O4/c23-17-10-16-14-2-1-3-15(14)22(28)30-18(16)11-19(17)29-12-20(27)26-8-4-13(5-9-26)21-24-6-7-25-21/h6-7,10-11,13H,1-5,8-9,12H2,(H,24,25). The van der Waals surface area contributed by atoms with Crippen molar-refractivity contribution in [1.82, 2.24) is 14.9 Å². The number of nitrogens with zero attached hydrogens (tertiary/aromatic N) is 2. The zero-order valence-electron chi connectivity index (χ0n) is 16.4. The second-order valence-electron chi connectivity index (χ2n) is 7.90. The number of fused-ring (bicyclic) bond motifs is 3. The average molecular weight is 428 g/mol. The first-order valence-electron chi connectivity index (χ1n) is 10.3. The molecule has 5 rings (SSSR count). The lowest BCUT2D eigenvalue weighted by Crippen LogP contribution is -2.40. The minimum absolute atomic E-state index is 0.0838. The highest BCUT2D eigenvalue weighted by Crippen LogP contribution is 2.34. The zero-order chi connectivity index (χ0) is 20.7. The minimum Gasteiger partial charge on any atom is -0.482 e. The number of amides is 1. The maximum atomic E-state index is 12.6. The van der Waals surface area contributed by atoms with Gasteiger partial charge in [0.2, 0.25) is 0 Å². The fourth-order valence-corrected chi connectivity index (χ4v) is 4.75. The number of hydrogen-bond donors (Lipinski definition) is 1. The number of nitrogens with one attached hydrogen (secondary N) is 1. The number of aryl methyl sites for hydroxylation is 1. The molecule has 0 unspecified atom stereocenters. The molecule has 3 heterocycles. The summed E-state index contributed by atoms with van der Waals surface area (Å²) in [4.78, 5) is 34.1. The Morgan fingerprint density at radius 2 is 2.07 bits per heavy atom. The van der Waals surface area contributed by atoms with Crippen LogP contribution < -0.4 is 10.4 Å². The summed E-state index contributed by atoms with van der Waals surface area (Å²) in [6.45, 7) is 1.23. The van der Waals surface area contributed by atoms with E-state index >= 15 is 0 Å². The van der Waals surface area contributed by atoms with E-state index in [1.54, 1.807) is 23.2 Å². The lowest BCUT2D eigenvalue weighted by atomic mass is 9.96. The average Bonchev–Trinajstić information content (AvgIpc) is 3.45. The number of piperidine rings is 1. The number of aromatic amines is 1. The number of likely N-dealkylation sites (tertiary alicyclic amines) is 1. The summed E-state index contributed by atoms with van der Waals surface area (Å²) in [5.41, 5.74) is 1.93. The Balaban J connectivity index is 1.26. The van der Waals surface area contributed by atoms with E-state index in [2.05, 4.69) is 9.97 Å². The first kappa shape index (κ1) is 19.2. The van der Waals surface area contributed by atoms with Crippen LogP contribution in [0.4, 0.5) is 0 Å². The van der Waals surface area contributed by atoms with Crippen LogP contribution in [0.25, 0.3) is 11.0 Å². The SMILES string of the molecule is O=C(COc1cc2oc(=O)c3c(c2cc1Cl)CCC3)N1CCC(c2ncc[nH]2)CC1. The van der Waals surface area contributed by atoms with E-state index in [4.69, 9.17) is 20.8 Å². The number of H-pyrrole nitrogens is 1. The molecule has 0 atom stereocenters. The summed E-state index contributed by atoms with van der Waals surface area (Å²) in [6.07, 6.45) is 7.85. The van der Waals surface area contributed by atoms with E-state index < -0.39 is 0 Å². The van der Waals surface area contributed by atoms with Crippen LogP contribution in [0, 0.1) is 0 Å². The van der Waals surface area contributed by atoms with E-state index in [9.17, 15) is 9.59 Å². The molecular weight excluding hydrogens is 406 g/mol. The van der Waals surface area contributed by atoms with Crippen LogP contribution in [0.3, 0.4) is 0 Å². The number of carbonyl (C=O) groups is 1. The lowest BCUT2D eigenvalue weighted by Gasteiger charge is -2.31. The second kappa shape index (κ2) is 7.80. The van der Waals surface area contributed by atoms with Crippen molar-refractivity contribution in [3.05, 3.63) is 56.9 Å². The van der Waals surface area contributed by atoms with E-state index in [1.807, 2.05) is 6.20 Å². The fourth-order valence-electron chi connectivity index (χ4n) is 4.53. The number of aromatic nitrogens is 2. The predicted molar refractivity (Wildman–Crippen MR) is 112 cm³/mol. The third-order valence-corrected chi connectivity index (χ3v) is 6.43. The lowest BCUT2D eigenvalue weighted by molar-refractivity contribution is -0.134. The van der Waals surface area contributed by atoms with Crippen molar-refractivity contribution in [2.45, 2.75) is 38.0 Å². The van der Waals surface area contributed by atoms with Crippen LogP contribution in [0.1, 0.15) is 42.1 Å². The topological polar surface area (TPSA) is 88.4 Å². The molecule has 1 aliphatic heterocycles. The van der Waals surface area contributed by atoms with Crippen LogP contribution >= 0.6 is 11.6 Å².